The van der Waals surface area contributed by atoms with Gasteiger partial charge in [0.2, 0.25) is 0 Å². The Morgan fingerprint density at radius 3 is 2.65 bits per heavy atom. The number of nitrogens with zero attached hydrogens (tertiary/aromatic N) is 2. The summed E-state index contributed by atoms with van der Waals surface area (Å²) in [6, 6.07) is 11.3. The summed E-state index contributed by atoms with van der Waals surface area (Å²) < 4.78 is 6.63. The lowest BCUT2D eigenvalue weighted by atomic mass is 10.3. The number of nitrogens with two attached hydrogens (primary N) is 2. The minimum atomic E-state index is 0.404. The van der Waals surface area contributed by atoms with Crippen molar-refractivity contribution in [1.29, 1.82) is 0 Å². The molecule has 0 radical (unpaired) electrons. The molecule has 0 saturated carbocycles. The Morgan fingerprint density at radius 2 is 2.00 bits per heavy atom. The molecule has 2 rings (SSSR count). The Labute approximate surface area is 149 Å². The lowest BCUT2D eigenvalue weighted by Crippen LogP contribution is -2.04. The van der Waals surface area contributed by atoms with Crippen LogP contribution >= 0.6 is 27.7 Å². The van der Waals surface area contributed by atoms with Gasteiger partial charge in [-0.2, -0.15) is 0 Å². The van der Waals surface area contributed by atoms with Gasteiger partial charge in [0.15, 0.2) is 16.7 Å². The van der Waals surface area contributed by atoms with Crippen molar-refractivity contribution < 1.29 is 4.74 Å². The molecule has 5 nitrogen and oxygen atoms in total. The number of hydrogen-bond donors (Lipinski definition) is 2. The molecule has 2 aromatic rings. The van der Waals surface area contributed by atoms with Crippen molar-refractivity contribution in [1.82, 2.24) is 4.98 Å². The van der Waals surface area contributed by atoms with Gasteiger partial charge in [-0.25, -0.2) is 9.98 Å². The van der Waals surface area contributed by atoms with Gasteiger partial charge in [0, 0.05) is 16.7 Å². The van der Waals surface area contributed by atoms with E-state index in [0.29, 0.717) is 22.5 Å². The van der Waals surface area contributed by atoms with Gasteiger partial charge in [0.05, 0.1) is 0 Å². The predicted molar refractivity (Wildman–Crippen MR) is 102 cm³/mol. The molecule has 4 N–H and O–H groups in total. The molecule has 7 heteroatoms. The van der Waals surface area contributed by atoms with E-state index >= 15 is 0 Å². The fraction of sp³-hybridized carbons (Fsp3) is 0.125. The van der Waals surface area contributed by atoms with E-state index in [9.17, 15) is 0 Å². The second kappa shape index (κ2) is 10.8. The summed E-state index contributed by atoms with van der Waals surface area (Å²) in [6.45, 7) is 1.92. The summed E-state index contributed by atoms with van der Waals surface area (Å²) in [5.41, 5.74) is 10.3. The Balaban J connectivity index is 0.00000127. The molecule has 0 atom stereocenters. The quantitative estimate of drug-likeness (QED) is 0.591. The molecule has 0 aliphatic carbocycles. The Morgan fingerprint density at radius 1 is 1.30 bits per heavy atom. The van der Waals surface area contributed by atoms with Crippen molar-refractivity contribution in [3.05, 3.63) is 58.6 Å². The van der Waals surface area contributed by atoms with Crippen molar-refractivity contribution in [3.63, 3.8) is 0 Å². The molecule has 0 amide bonds. The number of para-hydroxylation sites is 1. The maximum atomic E-state index is 5.85. The highest BCUT2D eigenvalue weighted by molar-refractivity contribution is 9.10. The second-order valence-corrected chi connectivity index (χ2v) is 5.77. The third-order valence-electron chi connectivity index (χ3n) is 2.31. The number of amidine groups is 1. The molecule has 1 heterocycles. The average molecular weight is 395 g/mol. The zero-order valence-electron chi connectivity index (χ0n) is 12.9. The zero-order valence-corrected chi connectivity index (χ0v) is 15.3. The molecule has 0 unspecified atom stereocenters. The van der Waals surface area contributed by atoms with Crippen LogP contribution in [0.5, 0.6) is 11.5 Å². The lowest BCUT2D eigenvalue weighted by Gasteiger charge is -2.08. The highest BCUT2D eigenvalue weighted by Gasteiger charge is 2.08. The van der Waals surface area contributed by atoms with Crippen LogP contribution < -0.4 is 16.2 Å². The summed E-state index contributed by atoms with van der Waals surface area (Å²) in [5.74, 6) is 1.70. The topological polar surface area (TPSA) is 86.5 Å². The van der Waals surface area contributed by atoms with Crippen LogP contribution in [0.2, 0.25) is 0 Å². The number of benzene rings is 1. The number of halogens is 1. The van der Waals surface area contributed by atoms with E-state index in [2.05, 4.69) is 31.6 Å². The highest BCUT2D eigenvalue weighted by Crippen LogP contribution is 2.32. The SMILES string of the molecule is C/C=C/S/C(N)=N\c1ncc(Br)cc1Oc1ccccc1.CN. The highest BCUT2D eigenvalue weighted by atomic mass is 79.9. The summed E-state index contributed by atoms with van der Waals surface area (Å²) in [4.78, 5) is 8.53. The number of allylic oxidation sites excluding steroid dienone is 1. The van der Waals surface area contributed by atoms with Crippen LogP contribution in [0, 0.1) is 0 Å². The van der Waals surface area contributed by atoms with Gasteiger partial charge >= 0.3 is 0 Å². The van der Waals surface area contributed by atoms with Gasteiger partial charge < -0.3 is 16.2 Å². The molecule has 1 aromatic heterocycles. The van der Waals surface area contributed by atoms with Crippen LogP contribution in [0.25, 0.3) is 0 Å². The molecule has 0 aliphatic heterocycles. The summed E-state index contributed by atoms with van der Waals surface area (Å²) >= 11 is 4.71. The third kappa shape index (κ3) is 6.85. The van der Waals surface area contributed by atoms with Gasteiger partial charge in [0.25, 0.3) is 0 Å². The van der Waals surface area contributed by atoms with Crippen molar-refractivity contribution in [2.75, 3.05) is 7.05 Å². The largest absolute Gasteiger partial charge is 0.453 e. The number of thioether (sulfide) groups is 1. The Kier molecular flexibility index (Phi) is 9.04. The van der Waals surface area contributed by atoms with Crippen molar-refractivity contribution in [2.45, 2.75) is 6.92 Å². The minimum Gasteiger partial charge on any atom is -0.453 e. The van der Waals surface area contributed by atoms with E-state index < -0.39 is 0 Å². The van der Waals surface area contributed by atoms with E-state index in [1.807, 2.05) is 54.8 Å². The van der Waals surface area contributed by atoms with Crippen molar-refractivity contribution in [2.24, 2.45) is 16.5 Å². The second-order valence-electron chi connectivity index (χ2n) is 3.93. The van der Waals surface area contributed by atoms with E-state index in [1.54, 1.807) is 6.20 Å². The number of hydrogen-bond acceptors (Lipinski definition) is 5. The number of aliphatic imine (C=N–C) groups is 1. The van der Waals surface area contributed by atoms with E-state index in [-0.39, 0.29) is 0 Å². The minimum absolute atomic E-state index is 0.404. The van der Waals surface area contributed by atoms with Crippen molar-refractivity contribution >= 4 is 38.7 Å². The first-order chi connectivity index (χ1) is 11.2. The monoisotopic (exact) mass is 394 g/mol. The maximum Gasteiger partial charge on any atom is 0.198 e. The van der Waals surface area contributed by atoms with E-state index in [4.69, 9.17) is 10.5 Å². The fourth-order valence-electron chi connectivity index (χ4n) is 1.46. The summed E-state index contributed by atoms with van der Waals surface area (Å²) in [7, 11) is 1.50. The number of ether oxygens (including phenoxy) is 1. The fourth-order valence-corrected chi connectivity index (χ4v) is 2.18. The van der Waals surface area contributed by atoms with E-state index in [1.165, 1.54) is 18.8 Å². The maximum absolute atomic E-state index is 5.85. The molecule has 0 saturated heterocycles. The molecular formula is C16H19BrN4OS. The molecule has 122 valence electrons. The number of pyridine rings is 1. The number of aromatic nitrogens is 1. The van der Waals surface area contributed by atoms with Crippen LogP contribution in [0.4, 0.5) is 5.82 Å². The van der Waals surface area contributed by atoms with Crippen LogP contribution in [0.1, 0.15) is 6.92 Å². The Bertz CT molecular complexity index is 662. The van der Waals surface area contributed by atoms with Gasteiger partial charge in [-0.3, -0.25) is 0 Å². The number of rotatable bonds is 4. The first-order valence-corrected chi connectivity index (χ1v) is 8.44. The smallest absolute Gasteiger partial charge is 0.198 e. The molecular weight excluding hydrogens is 376 g/mol. The van der Waals surface area contributed by atoms with Gasteiger partial charge in [0.1, 0.15) is 5.75 Å². The van der Waals surface area contributed by atoms with Crippen LogP contribution in [0.15, 0.2) is 63.5 Å². The Hall–Kier alpha value is -1.83. The molecule has 0 bridgehead atoms. The lowest BCUT2D eigenvalue weighted by molar-refractivity contribution is 0.481. The van der Waals surface area contributed by atoms with Gasteiger partial charge in [-0.15, -0.1) is 0 Å². The van der Waals surface area contributed by atoms with Crippen molar-refractivity contribution in [3.8, 4) is 11.5 Å². The van der Waals surface area contributed by atoms with Gasteiger partial charge in [-0.1, -0.05) is 36.0 Å². The van der Waals surface area contributed by atoms with Crippen LogP contribution in [-0.2, 0) is 0 Å². The van der Waals surface area contributed by atoms with E-state index in [0.717, 1.165) is 4.47 Å². The standard InChI is InChI=1S/C15H14BrN3OS.CH5N/c1-2-8-21-15(17)19-14-13(9-11(16)10-18-14)20-12-6-4-3-5-7-12;1-2/h2-10H,1H3,(H2,17,18,19);2H2,1H3/b8-2+;. The first kappa shape index (κ1) is 19.2. The summed E-state index contributed by atoms with van der Waals surface area (Å²) in [6.07, 6.45) is 3.55. The average Bonchev–Trinajstić information content (AvgIpc) is 2.58. The van der Waals surface area contributed by atoms with Crippen LogP contribution in [0.3, 0.4) is 0 Å². The predicted octanol–water partition coefficient (Wildman–Crippen LogP) is 4.42. The first-order valence-electron chi connectivity index (χ1n) is 6.77. The normalized spacial score (nSPS) is 11.0. The van der Waals surface area contributed by atoms with Gasteiger partial charge in [-0.05, 0) is 47.4 Å². The molecule has 23 heavy (non-hydrogen) atoms. The van der Waals surface area contributed by atoms with Crippen LogP contribution in [-0.4, -0.2) is 17.2 Å². The molecule has 0 aliphatic rings. The molecule has 0 spiro atoms. The zero-order chi connectivity index (χ0) is 17.1. The molecule has 0 fully saturated rings. The third-order valence-corrected chi connectivity index (χ3v) is 3.49. The summed E-state index contributed by atoms with van der Waals surface area (Å²) in [5, 5.41) is 2.26. The molecule has 1 aromatic carbocycles.